The highest BCUT2D eigenvalue weighted by molar-refractivity contribution is 6.21. The van der Waals surface area contributed by atoms with Gasteiger partial charge in [-0.3, -0.25) is 14.5 Å². The summed E-state index contributed by atoms with van der Waals surface area (Å²) in [4.78, 5) is 37.0. The zero-order valence-electron chi connectivity index (χ0n) is 11.9. The number of carbonyl (C=O) groups excluding carboxylic acids is 3. The molecule has 112 valence electrons. The van der Waals surface area contributed by atoms with E-state index in [9.17, 15) is 14.4 Å². The number of nitrogens with zero attached hydrogens (tertiary/aromatic N) is 1. The van der Waals surface area contributed by atoms with Crippen molar-refractivity contribution in [2.75, 3.05) is 13.2 Å². The number of hydrogen-bond donors (Lipinski definition) is 0. The van der Waals surface area contributed by atoms with Gasteiger partial charge in [0, 0.05) is 0 Å². The summed E-state index contributed by atoms with van der Waals surface area (Å²) in [7, 11) is 0. The SMILES string of the molecule is Cc1ccc(C(=O)OCCN2C(=O)c3ccccc3C2=O)o1. The van der Waals surface area contributed by atoms with E-state index in [4.69, 9.17) is 9.15 Å². The zero-order chi connectivity index (χ0) is 15.7. The fourth-order valence-electron chi connectivity index (χ4n) is 2.29. The highest BCUT2D eigenvalue weighted by atomic mass is 16.5. The molecule has 6 nitrogen and oxygen atoms in total. The van der Waals surface area contributed by atoms with Crippen LogP contribution in [-0.2, 0) is 4.74 Å². The quantitative estimate of drug-likeness (QED) is 0.638. The average Bonchev–Trinajstić information content (AvgIpc) is 3.05. The van der Waals surface area contributed by atoms with Crippen LogP contribution < -0.4 is 0 Å². The molecule has 0 unspecified atom stereocenters. The van der Waals surface area contributed by atoms with Gasteiger partial charge in [0.15, 0.2) is 0 Å². The van der Waals surface area contributed by atoms with Crippen molar-refractivity contribution in [3.8, 4) is 0 Å². The Labute approximate surface area is 126 Å². The molecule has 0 atom stereocenters. The highest BCUT2D eigenvalue weighted by Crippen LogP contribution is 2.22. The van der Waals surface area contributed by atoms with Crippen LogP contribution in [0.5, 0.6) is 0 Å². The topological polar surface area (TPSA) is 76.8 Å². The monoisotopic (exact) mass is 299 g/mol. The summed E-state index contributed by atoms with van der Waals surface area (Å²) in [5.41, 5.74) is 0.751. The molecule has 0 saturated carbocycles. The predicted molar refractivity (Wildman–Crippen MR) is 75.5 cm³/mol. The van der Waals surface area contributed by atoms with E-state index in [2.05, 4.69) is 0 Å². The summed E-state index contributed by atoms with van der Waals surface area (Å²) in [6.07, 6.45) is 0. The minimum Gasteiger partial charge on any atom is -0.458 e. The normalized spacial score (nSPS) is 13.4. The number of amides is 2. The molecule has 1 aromatic heterocycles. The van der Waals surface area contributed by atoms with Gasteiger partial charge in [-0.05, 0) is 31.2 Å². The first-order valence-electron chi connectivity index (χ1n) is 6.76. The molecule has 2 heterocycles. The molecule has 0 aliphatic carbocycles. The lowest BCUT2D eigenvalue weighted by Crippen LogP contribution is -2.33. The van der Waals surface area contributed by atoms with E-state index in [0.29, 0.717) is 16.9 Å². The summed E-state index contributed by atoms with van der Waals surface area (Å²) in [5.74, 6) is -0.659. The largest absolute Gasteiger partial charge is 0.458 e. The number of carbonyl (C=O) groups is 3. The van der Waals surface area contributed by atoms with Gasteiger partial charge in [0.25, 0.3) is 11.8 Å². The number of benzene rings is 1. The molecule has 1 aliphatic rings. The Morgan fingerprint density at radius 2 is 1.73 bits per heavy atom. The van der Waals surface area contributed by atoms with Crippen LogP contribution >= 0.6 is 0 Å². The standard InChI is InChI=1S/C16H13NO5/c1-10-6-7-13(22-10)16(20)21-9-8-17-14(18)11-4-2-3-5-12(11)15(17)19/h2-7H,8-9H2,1H3. The van der Waals surface area contributed by atoms with Crippen molar-refractivity contribution in [2.45, 2.75) is 6.92 Å². The second-order valence-corrected chi connectivity index (χ2v) is 4.85. The molecule has 0 spiro atoms. The molecule has 6 heteroatoms. The fraction of sp³-hybridized carbons (Fsp3) is 0.188. The smallest absolute Gasteiger partial charge is 0.374 e. The molecule has 3 rings (SSSR count). The molecular weight excluding hydrogens is 286 g/mol. The first-order valence-corrected chi connectivity index (χ1v) is 6.76. The molecule has 0 saturated heterocycles. The number of hydrogen-bond acceptors (Lipinski definition) is 5. The Balaban J connectivity index is 1.60. The van der Waals surface area contributed by atoms with Gasteiger partial charge in [0.1, 0.15) is 12.4 Å². The first kappa shape index (κ1) is 14.1. The van der Waals surface area contributed by atoms with E-state index in [1.807, 2.05) is 0 Å². The van der Waals surface area contributed by atoms with Crippen molar-refractivity contribution in [1.82, 2.24) is 4.90 Å². The number of esters is 1. The molecule has 0 radical (unpaired) electrons. The number of rotatable bonds is 4. The third-order valence-electron chi connectivity index (χ3n) is 3.37. The molecule has 2 amide bonds. The Morgan fingerprint density at radius 1 is 1.09 bits per heavy atom. The van der Waals surface area contributed by atoms with Gasteiger partial charge in [-0.1, -0.05) is 12.1 Å². The van der Waals surface area contributed by atoms with Crippen LogP contribution in [-0.4, -0.2) is 35.8 Å². The van der Waals surface area contributed by atoms with Crippen LogP contribution in [0, 0.1) is 6.92 Å². The van der Waals surface area contributed by atoms with Crippen LogP contribution in [0.15, 0.2) is 40.8 Å². The van der Waals surface area contributed by atoms with E-state index >= 15 is 0 Å². The van der Waals surface area contributed by atoms with Crippen LogP contribution in [0.3, 0.4) is 0 Å². The van der Waals surface area contributed by atoms with E-state index < -0.39 is 5.97 Å². The Kier molecular flexibility index (Phi) is 3.50. The van der Waals surface area contributed by atoms with Gasteiger partial charge in [-0.25, -0.2) is 4.79 Å². The van der Waals surface area contributed by atoms with Gasteiger partial charge in [-0.15, -0.1) is 0 Å². The number of fused-ring (bicyclic) bond motifs is 1. The van der Waals surface area contributed by atoms with Crippen molar-refractivity contribution >= 4 is 17.8 Å². The zero-order valence-corrected chi connectivity index (χ0v) is 11.9. The average molecular weight is 299 g/mol. The third kappa shape index (κ3) is 2.39. The molecule has 1 aromatic carbocycles. The Hall–Kier alpha value is -2.89. The maximum Gasteiger partial charge on any atom is 0.374 e. The van der Waals surface area contributed by atoms with Crippen LogP contribution in [0.2, 0.25) is 0 Å². The van der Waals surface area contributed by atoms with Crippen LogP contribution in [0.4, 0.5) is 0 Å². The minimum atomic E-state index is -0.621. The molecular formula is C16H13NO5. The predicted octanol–water partition coefficient (Wildman–Crippen LogP) is 2.04. The van der Waals surface area contributed by atoms with Crippen LogP contribution in [0.25, 0.3) is 0 Å². The highest BCUT2D eigenvalue weighted by Gasteiger charge is 2.34. The Morgan fingerprint density at radius 3 is 2.27 bits per heavy atom. The number of aryl methyl sites for hydroxylation is 1. The van der Waals surface area contributed by atoms with E-state index in [0.717, 1.165) is 4.90 Å². The molecule has 0 fully saturated rings. The number of imide groups is 1. The molecule has 2 aromatic rings. The van der Waals surface area contributed by atoms with Crippen molar-refractivity contribution in [1.29, 1.82) is 0 Å². The summed E-state index contributed by atoms with van der Waals surface area (Å²) in [6, 6.07) is 9.78. The maximum absolute atomic E-state index is 12.1. The van der Waals surface area contributed by atoms with Gasteiger partial charge in [0.05, 0.1) is 17.7 Å². The summed E-state index contributed by atoms with van der Waals surface area (Å²) in [5, 5.41) is 0. The van der Waals surface area contributed by atoms with E-state index in [1.54, 1.807) is 37.3 Å². The van der Waals surface area contributed by atoms with E-state index in [-0.39, 0.29) is 30.7 Å². The third-order valence-corrected chi connectivity index (χ3v) is 3.37. The molecule has 1 aliphatic heterocycles. The molecule has 0 N–H and O–H groups in total. The van der Waals surface area contributed by atoms with Crippen molar-refractivity contribution in [3.63, 3.8) is 0 Å². The number of ether oxygens (including phenoxy) is 1. The Bertz CT molecular complexity index is 726. The van der Waals surface area contributed by atoms with Crippen molar-refractivity contribution in [3.05, 3.63) is 59.0 Å². The lowest BCUT2D eigenvalue weighted by molar-refractivity contribution is 0.0392. The van der Waals surface area contributed by atoms with Gasteiger partial charge >= 0.3 is 5.97 Å². The molecule has 22 heavy (non-hydrogen) atoms. The number of furan rings is 1. The van der Waals surface area contributed by atoms with Gasteiger partial charge in [0.2, 0.25) is 5.76 Å². The van der Waals surface area contributed by atoms with Crippen molar-refractivity contribution in [2.24, 2.45) is 0 Å². The second-order valence-electron chi connectivity index (χ2n) is 4.85. The maximum atomic E-state index is 12.1. The van der Waals surface area contributed by atoms with Gasteiger partial charge in [-0.2, -0.15) is 0 Å². The lowest BCUT2D eigenvalue weighted by atomic mass is 10.1. The summed E-state index contributed by atoms with van der Waals surface area (Å²) in [6.45, 7) is 1.65. The lowest BCUT2D eigenvalue weighted by Gasteiger charge is -2.13. The van der Waals surface area contributed by atoms with Crippen molar-refractivity contribution < 1.29 is 23.5 Å². The summed E-state index contributed by atoms with van der Waals surface area (Å²) >= 11 is 0. The van der Waals surface area contributed by atoms with E-state index in [1.165, 1.54) is 6.07 Å². The first-order chi connectivity index (χ1) is 10.6. The second kappa shape index (κ2) is 5.48. The molecule has 0 bridgehead atoms. The van der Waals surface area contributed by atoms with Gasteiger partial charge < -0.3 is 9.15 Å². The van der Waals surface area contributed by atoms with Crippen LogP contribution in [0.1, 0.15) is 37.0 Å². The fourth-order valence-corrected chi connectivity index (χ4v) is 2.29. The summed E-state index contributed by atoms with van der Waals surface area (Å²) < 4.78 is 10.2. The minimum absolute atomic E-state index is 0.0117.